The maximum Gasteiger partial charge on any atom is 0.262 e. The van der Waals surface area contributed by atoms with E-state index in [0.717, 1.165) is 43.1 Å². The van der Waals surface area contributed by atoms with Crippen LogP contribution in [0.3, 0.4) is 0 Å². The maximum atomic E-state index is 12.5. The summed E-state index contributed by atoms with van der Waals surface area (Å²) in [4.78, 5) is 17.1. The minimum Gasteiger partial charge on any atom is -0.493 e. The second kappa shape index (κ2) is 9.98. The van der Waals surface area contributed by atoms with E-state index in [-0.39, 0.29) is 12.5 Å². The summed E-state index contributed by atoms with van der Waals surface area (Å²) in [6.07, 6.45) is 3.94. The molecule has 1 heterocycles. The van der Waals surface area contributed by atoms with Gasteiger partial charge in [0.25, 0.3) is 5.91 Å². The van der Waals surface area contributed by atoms with Crippen molar-refractivity contribution < 1.29 is 14.3 Å². The SMILES string of the molecule is C/C=C/c1ccc(OCC(=O)Nc2ccccc2N2CCN(C)CC2)c(OC)c1. The number of carbonyl (C=O) groups is 1. The van der Waals surface area contributed by atoms with E-state index in [2.05, 4.69) is 22.2 Å². The Morgan fingerprint density at radius 1 is 1.10 bits per heavy atom. The van der Waals surface area contributed by atoms with Gasteiger partial charge in [0, 0.05) is 26.2 Å². The van der Waals surface area contributed by atoms with Crippen molar-refractivity contribution in [3.63, 3.8) is 0 Å². The van der Waals surface area contributed by atoms with Crippen LogP contribution in [0.15, 0.2) is 48.5 Å². The van der Waals surface area contributed by atoms with Crippen molar-refractivity contribution >= 4 is 23.4 Å². The van der Waals surface area contributed by atoms with E-state index in [1.807, 2.05) is 61.5 Å². The molecule has 0 saturated carbocycles. The van der Waals surface area contributed by atoms with Crippen LogP contribution in [0, 0.1) is 0 Å². The molecule has 1 aliphatic rings. The molecule has 0 atom stereocenters. The molecular weight excluding hydrogens is 366 g/mol. The highest BCUT2D eigenvalue weighted by atomic mass is 16.5. The fourth-order valence-corrected chi connectivity index (χ4v) is 3.33. The van der Waals surface area contributed by atoms with Crippen molar-refractivity contribution in [1.82, 2.24) is 4.90 Å². The van der Waals surface area contributed by atoms with Crippen LogP contribution in [0.4, 0.5) is 11.4 Å². The molecule has 0 spiro atoms. The van der Waals surface area contributed by atoms with Crippen LogP contribution >= 0.6 is 0 Å². The number of ether oxygens (including phenoxy) is 2. The largest absolute Gasteiger partial charge is 0.493 e. The summed E-state index contributed by atoms with van der Waals surface area (Å²) in [5.41, 5.74) is 2.87. The molecule has 1 aliphatic heterocycles. The van der Waals surface area contributed by atoms with E-state index in [0.29, 0.717) is 11.5 Å². The van der Waals surface area contributed by atoms with E-state index in [9.17, 15) is 4.79 Å². The standard InChI is InChI=1S/C23H29N3O3/c1-4-7-18-10-11-21(22(16-18)28-3)29-17-23(27)24-19-8-5-6-9-20(19)26-14-12-25(2)13-15-26/h4-11,16H,12-15,17H2,1-3H3,(H,24,27)/b7-4+. The Kier molecular flexibility index (Phi) is 7.14. The molecule has 1 saturated heterocycles. The zero-order valence-electron chi connectivity index (χ0n) is 17.4. The average molecular weight is 396 g/mol. The van der Waals surface area contributed by atoms with Crippen LogP contribution in [0.5, 0.6) is 11.5 Å². The van der Waals surface area contributed by atoms with E-state index < -0.39 is 0 Å². The molecule has 3 rings (SSSR count). The molecule has 1 fully saturated rings. The number of allylic oxidation sites excluding steroid dienone is 1. The highest BCUT2D eigenvalue weighted by Crippen LogP contribution is 2.29. The Bertz CT molecular complexity index is 858. The molecule has 1 amide bonds. The van der Waals surface area contributed by atoms with Crippen LogP contribution in [0.25, 0.3) is 6.08 Å². The summed E-state index contributed by atoms with van der Waals surface area (Å²) >= 11 is 0. The minimum atomic E-state index is -0.203. The van der Waals surface area contributed by atoms with Gasteiger partial charge in [-0.15, -0.1) is 0 Å². The Morgan fingerprint density at radius 3 is 2.59 bits per heavy atom. The molecular formula is C23H29N3O3. The van der Waals surface area contributed by atoms with Crippen LogP contribution in [0.1, 0.15) is 12.5 Å². The maximum absolute atomic E-state index is 12.5. The Hall–Kier alpha value is -2.99. The molecule has 1 N–H and O–H groups in total. The number of hydrogen-bond acceptors (Lipinski definition) is 5. The predicted octanol–water partition coefficient (Wildman–Crippen LogP) is 3.50. The molecule has 6 nitrogen and oxygen atoms in total. The topological polar surface area (TPSA) is 54.0 Å². The molecule has 154 valence electrons. The lowest BCUT2D eigenvalue weighted by atomic mass is 10.2. The number of piperazine rings is 1. The number of nitrogens with one attached hydrogen (secondary N) is 1. The van der Waals surface area contributed by atoms with Gasteiger partial charge in [-0.25, -0.2) is 0 Å². The molecule has 2 aromatic rings. The number of nitrogens with zero attached hydrogens (tertiary/aromatic N) is 2. The number of hydrogen-bond donors (Lipinski definition) is 1. The van der Waals surface area contributed by atoms with Crippen molar-refractivity contribution in [1.29, 1.82) is 0 Å². The van der Waals surface area contributed by atoms with Gasteiger partial charge < -0.3 is 24.6 Å². The summed E-state index contributed by atoms with van der Waals surface area (Å²) < 4.78 is 11.1. The lowest BCUT2D eigenvalue weighted by Gasteiger charge is -2.35. The Morgan fingerprint density at radius 2 is 1.86 bits per heavy atom. The molecule has 0 radical (unpaired) electrons. The summed E-state index contributed by atoms with van der Waals surface area (Å²) in [5, 5.41) is 2.99. The van der Waals surface area contributed by atoms with E-state index in [1.165, 1.54) is 0 Å². The average Bonchev–Trinajstić information content (AvgIpc) is 2.74. The predicted molar refractivity (Wildman–Crippen MR) is 118 cm³/mol. The lowest BCUT2D eigenvalue weighted by Crippen LogP contribution is -2.44. The number of benzene rings is 2. The molecule has 2 aromatic carbocycles. The number of para-hydroxylation sites is 2. The smallest absolute Gasteiger partial charge is 0.262 e. The second-order valence-electron chi connectivity index (χ2n) is 7.05. The fourth-order valence-electron chi connectivity index (χ4n) is 3.33. The zero-order chi connectivity index (χ0) is 20.6. The monoisotopic (exact) mass is 395 g/mol. The zero-order valence-corrected chi connectivity index (χ0v) is 17.4. The van der Waals surface area contributed by atoms with Gasteiger partial charge in [-0.05, 0) is 43.8 Å². The van der Waals surface area contributed by atoms with Crippen molar-refractivity contribution in [3.05, 3.63) is 54.1 Å². The van der Waals surface area contributed by atoms with Crippen molar-refractivity contribution in [2.75, 3.05) is 57.2 Å². The third-order valence-corrected chi connectivity index (χ3v) is 4.93. The van der Waals surface area contributed by atoms with Crippen molar-refractivity contribution in [2.24, 2.45) is 0 Å². The number of amides is 1. The third-order valence-electron chi connectivity index (χ3n) is 4.93. The normalized spacial score (nSPS) is 14.8. The quantitative estimate of drug-likeness (QED) is 0.778. The van der Waals surface area contributed by atoms with Gasteiger partial charge in [-0.2, -0.15) is 0 Å². The number of carbonyl (C=O) groups excluding carboxylic acids is 1. The van der Waals surface area contributed by atoms with Gasteiger partial charge in [0.1, 0.15) is 0 Å². The summed E-state index contributed by atoms with van der Waals surface area (Å²) in [6, 6.07) is 13.5. The number of methoxy groups -OCH3 is 1. The van der Waals surface area contributed by atoms with E-state index in [1.54, 1.807) is 7.11 Å². The van der Waals surface area contributed by atoms with Crippen LogP contribution < -0.4 is 19.7 Å². The van der Waals surface area contributed by atoms with Crippen molar-refractivity contribution in [3.8, 4) is 11.5 Å². The molecule has 0 bridgehead atoms. The highest BCUT2D eigenvalue weighted by Gasteiger charge is 2.18. The van der Waals surface area contributed by atoms with E-state index >= 15 is 0 Å². The molecule has 0 aliphatic carbocycles. The Balaban J connectivity index is 1.63. The number of likely N-dealkylation sites (N-methyl/N-ethyl adjacent to an activating group) is 1. The van der Waals surface area contributed by atoms with Gasteiger partial charge in [-0.3, -0.25) is 4.79 Å². The van der Waals surface area contributed by atoms with Crippen LogP contribution in [-0.4, -0.2) is 57.8 Å². The first-order valence-electron chi connectivity index (χ1n) is 9.86. The first kappa shape index (κ1) is 20.7. The summed E-state index contributed by atoms with van der Waals surface area (Å²) in [6.45, 7) is 5.77. The van der Waals surface area contributed by atoms with Gasteiger partial charge in [0.05, 0.1) is 18.5 Å². The highest BCUT2D eigenvalue weighted by molar-refractivity contribution is 5.95. The first-order chi connectivity index (χ1) is 14.1. The van der Waals surface area contributed by atoms with Crippen LogP contribution in [0.2, 0.25) is 0 Å². The molecule has 29 heavy (non-hydrogen) atoms. The first-order valence-corrected chi connectivity index (χ1v) is 9.86. The summed E-state index contributed by atoms with van der Waals surface area (Å²) in [7, 11) is 3.72. The lowest BCUT2D eigenvalue weighted by molar-refractivity contribution is -0.118. The molecule has 6 heteroatoms. The molecule has 0 unspecified atom stereocenters. The van der Waals surface area contributed by atoms with Gasteiger partial charge in [0.2, 0.25) is 0 Å². The van der Waals surface area contributed by atoms with E-state index in [4.69, 9.17) is 9.47 Å². The third kappa shape index (κ3) is 5.51. The van der Waals surface area contributed by atoms with Crippen LogP contribution in [-0.2, 0) is 4.79 Å². The second-order valence-corrected chi connectivity index (χ2v) is 7.05. The minimum absolute atomic E-state index is 0.0869. The van der Waals surface area contributed by atoms with Gasteiger partial charge in [-0.1, -0.05) is 30.4 Å². The number of anilines is 2. The van der Waals surface area contributed by atoms with Gasteiger partial charge in [0.15, 0.2) is 18.1 Å². The number of rotatable bonds is 7. The molecule has 0 aromatic heterocycles. The van der Waals surface area contributed by atoms with Crippen molar-refractivity contribution in [2.45, 2.75) is 6.92 Å². The fraction of sp³-hybridized carbons (Fsp3) is 0.348. The summed E-state index contributed by atoms with van der Waals surface area (Å²) in [5.74, 6) is 0.945. The van der Waals surface area contributed by atoms with Gasteiger partial charge >= 0.3 is 0 Å². The Labute approximate surface area is 172 Å².